The zero-order valence-corrected chi connectivity index (χ0v) is 29.5. The van der Waals surface area contributed by atoms with Crippen LogP contribution in [0.4, 0.5) is 4.79 Å². The van der Waals surface area contributed by atoms with Gasteiger partial charge in [0.15, 0.2) is 6.29 Å². The minimum atomic E-state index is -0.455. The van der Waals surface area contributed by atoms with Crippen LogP contribution < -0.4 is 10.6 Å². The number of rotatable bonds is 9. The van der Waals surface area contributed by atoms with E-state index in [9.17, 15) is 9.90 Å². The first-order chi connectivity index (χ1) is 24.5. The first kappa shape index (κ1) is 33.9. The van der Waals surface area contributed by atoms with Crippen molar-refractivity contribution in [3.8, 4) is 11.1 Å². The lowest BCUT2D eigenvalue weighted by Crippen LogP contribution is -2.61. The summed E-state index contributed by atoms with van der Waals surface area (Å²) >= 11 is 0. The number of aliphatic hydroxyl groups is 1. The van der Waals surface area contributed by atoms with Crippen LogP contribution in [0.3, 0.4) is 0 Å². The van der Waals surface area contributed by atoms with E-state index in [1.54, 1.807) is 0 Å². The highest BCUT2D eigenvalue weighted by Gasteiger charge is 2.51. The summed E-state index contributed by atoms with van der Waals surface area (Å²) in [5, 5.41) is 16.2. The Morgan fingerprint density at radius 1 is 0.740 bits per heavy atom. The van der Waals surface area contributed by atoms with Crippen LogP contribution in [-0.4, -0.2) is 47.3 Å². The molecule has 4 bridgehead atoms. The second-order valence-electron chi connectivity index (χ2n) is 16.2. The number of carbonyl (C=O) groups is 1. The van der Waals surface area contributed by atoms with Crippen molar-refractivity contribution in [3.05, 3.63) is 95.1 Å². The van der Waals surface area contributed by atoms with Crippen LogP contribution in [0.25, 0.3) is 11.1 Å². The first-order valence-electron chi connectivity index (χ1n) is 19.5. The number of benzene rings is 3. The maximum Gasteiger partial charge on any atom is 0.315 e. The summed E-state index contributed by atoms with van der Waals surface area (Å²) in [5.41, 5.74) is 6.41. The van der Waals surface area contributed by atoms with Gasteiger partial charge in [0.25, 0.3) is 0 Å². The molecule has 3 aromatic rings. The van der Waals surface area contributed by atoms with E-state index in [1.165, 1.54) is 51.4 Å². The molecule has 0 unspecified atom stereocenters. The van der Waals surface area contributed by atoms with Crippen LogP contribution in [0.1, 0.15) is 112 Å². The van der Waals surface area contributed by atoms with E-state index in [1.807, 2.05) is 12.1 Å². The maximum atomic E-state index is 13.1. The Balaban J connectivity index is 0.919. The molecule has 0 aromatic heterocycles. The van der Waals surface area contributed by atoms with Crippen molar-refractivity contribution in [3.63, 3.8) is 0 Å². The standard InChI is InChI=1S/C43H55N3O4/c47-29-30-9-11-36(12-10-30)40-23-39(28-46-17-4-2-1-3-5-18-46)49-41(50-40)37-15-13-35(14-16-37)38-8-6-7-31(22-38)27-44-42(48)45-43-24-32-19-33(25-43)21-34(20-32)26-43/h6-16,22,32-34,39-41,47H,1-5,17-21,23-29H2,(H2,44,45,48)/t32?,33?,34?,39-,40+,41+,43?/m1/s1. The van der Waals surface area contributed by atoms with Crippen molar-refractivity contribution < 1.29 is 19.4 Å². The number of nitrogens with zero attached hydrogens (tertiary/aromatic N) is 1. The molecule has 3 atom stereocenters. The molecule has 2 heterocycles. The number of urea groups is 1. The van der Waals surface area contributed by atoms with E-state index in [0.717, 1.165) is 96.5 Å². The Labute approximate surface area is 298 Å². The fourth-order valence-electron chi connectivity index (χ4n) is 10.2. The minimum absolute atomic E-state index is 0.0190. The van der Waals surface area contributed by atoms with Gasteiger partial charge in [-0.25, -0.2) is 4.79 Å². The molecule has 2 aliphatic heterocycles. The smallest absolute Gasteiger partial charge is 0.315 e. The predicted octanol–water partition coefficient (Wildman–Crippen LogP) is 8.43. The van der Waals surface area contributed by atoms with Gasteiger partial charge in [0.2, 0.25) is 0 Å². The topological polar surface area (TPSA) is 83.1 Å². The number of likely N-dealkylation sites (tertiary alicyclic amines) is 1. The molecule has 9 rings (SSSR count). The highest BCUT2D eigenvalue weighted by Crippen LogP contribution is 2.55. The van der Waals surface area contributed by atoms with Gasteiger partial charge in [-0.15, -0.1) is 0 Å². The third kappa shape index (κ3) is 7.97. The molecule has 3 aromatic carbocycles. The van der Waals surface area contributed by atoms with Crippen molar-refractivity contribution in [2.45, 2.75) is 114 Å². The third-order valence-corrected chi connectivity index (χ3v) is 12.3. The molecule has 2 saturated heterocycles. The molecule has 6 fully saturated rings. The lowest BCUT2D eigenvalue weighted by molar-refractivity contribution is -0.253. The average Bonchev–Trinajstić information content (AvgIpc) is 3.11. The summed E-state index contributed by atoms with van der Waals surface area (Å²) < 4.78 is 13.4. The number of aliphatic hydroxyl groups excluding tert-OH is 1. The van der Waals surface area contributed by atoms with Crippen LogP contribution in [0.5, 0.6) is 0 Å². The average molecular weight is 678 g/mol. The Morgan fingerprint density at radius 2 is 1.40 bits per heavy atom. The number of nitrogens with one attached hydrogen (secondary N) is 2. The third-order valence-electron chi connectivity index (χ3n) is 12.3. The Bertz CT molecular complexity index is 1550. The van der Waals surface area contributed by atoms with E-state index in [0.29, 0.717) is 6.54 Å². The zero-order valence-electron chi connectivity index (χ0n) is 29.5. The van der Waals surface area contributed by atoms with Crippen LogP contribution in [0.2, 0.25) is 0 Å². The molecule has 0 radical (unpaired) electrons. The van der Waals surface area contributed by atoms with Crippen LogP contribution in [0, 0.1) is 17.8 Å². The number of hydrogen-bond donors (Lipinski definition) is 3. The van der Waals surface area contributed by atoms with Gasteiger partial charge < -0.3 is 30.1 Å². The molecule has 3 N–H and O–H groups in total. The number of amides is 2. The number of hydrogen-bond acceptors (Lipinski definition) is 5. The molecule has 50 heavy (non-hydrogen) atoms. The lowest BCUT2D eigenvalue weighted by Gasteiger charge is -2.56. The predicted molar refractivity (Wildman–Crippen MR) is 196 cm³/mol. The van der Waals surface area contributed by atoms with E-state index in [2.05, 4.69) is 76.2 Å². The summed E-state index contributed by atoms with van der Waals surface area (Å²) in [6.45, 7) is 3.74. The van der Waals surface area contributed by atoms with Crippen molar-refractivity contribution in [2.75, 3.05) is 19.6 Å². The van der Waals surface area contributed by atoms with E-state index < -0.39 is 6.29 Å². The molecular formula is C43H55N3O4. The number of carbonyl (C=O) groups excluding carboxylic acids is 1. The fourth-order valence-corrected chi connectivity index (χ4v) is 10.2. The van der Waals surface area contributed by atoms with Crippen molar-refractivity contribution in [2.24, 2.45) is 17.8 Å². The summed E-state index contributed by atoms with van der Waals surface area (Å²) in [7, 11) is 0. The molecule has 0 spiro atoms. The van der Waals surface area contributed by atoms with Gasteiger partial charge in [0, 0.05) is 30.6 Å². The van der Waals surface area contributed by atoms with Crippen molar-refractivity contribution in [1.29, 1.82) is 0 Å². The van der Waals surface area contributed by atoms with E-state index >= 15 is 0 Å². The van der Waals surface area contributed by atoms with Crippen molar-refractivity contribution in [1.82, 2.24) is 15.5 Å². The molecule has 7 nitrogen and oxygen atoms in total. The molecule has 6 aliphatic rings. The molecule has 4 aliphatic carbocycles. The minimum Gasteiger partial charge on any atom is -0.392 e. The number of ether oxygens (including phenoxy) is 2. The fraction of sp³-hybridized carbons (Fsp3) is 0.558. The summed E-state index contributed by atoms with van der Waals surface area (Å²) in [4.78, 5) is 15.7. The van der Waals surface area contributed by atoms with Gasteiger partial charge in [0.1, 0.15) is 0 Å². The SMILES string of the molecule is O=C(NCc1cccc(-c2ccc([C@H]3O[C@@H](CN4CCCCCCC4)C[C@@H](c4ccc(CO)cc4)O3)cc2)c1)NC12CC3CC(CC(C3)C1)C2. The zero-order chi connectivity index (χ0) is 33.9. The Hall–Kier alpha value is -3.23. The van der Waals surface area contributed by atoms with Crippen LogP contribution >= 0.6 is 0 Å². The van der Waals surface area contributed by atoms with Gasteiger partial charge >= 0.3 is 6.03 Å². The largest absolute Gasteiger partial charge is 0.392 e. The normalized spacial score (nSPS) is 31.1. The highest BCUT2D eigenvalue weighted by atomic mass is 16.7. The van der Waals surface area contributed by atoms with Crippen molar-refractivity contribution >= 4 is 6.03 Å². The van der Waals surface area contributed by atoms with Crippen LogP contribution in [-0.2, 0) is 22.6 Å². The monoisotopic (exact) mass is 677 g/mol. The summed E-state index contributed by atoms with van der Waals surface area (Å²) in [5.74, 6) is 2.42. The second kappa shape index (κ2) is 15.2. The molecule has 4 saturated carbocycles. The van der Waals surface area contributed by atoms with Gasteiger partial charge in [-0.2, -0.15) is 0 Å². The van der Waals surface area contributed by atoms with Gasteiger partial charge in [-0.05, 0) is 116 Å². The maximum absolute atomic E-state index is 13.1. The van der Waals surface area contributed by atoms with Gasteiger partial charge in [-0.3, -0.25) is 0 Å². The van der Waals surface area contributed by atoms with E-state index in [-0.39, 0.29) is 30.4 Å². The summed E-state index contributed by atoms with van der Waals surface area (Å²) in [6, 6.07) is 25.2. The first-order valence-corrected chi connectivity index (χ1v) is 19.5. The molecular weight excluding hydrogens is 622 g/mol. The highest BCUT2D eigenvalue weighted by molar-refractivity contribution is 5.75. The Kier molecular flexibility index (Phi) is 10.3. The molecule has 266 valence electrons. The van der Waals surface area contributed by atoms with Crippen LogP contribution in [0.15, 0.2) is 72.8 Å². The lowest BCUT2D eigenvalue weighted by atomic mass is 9.53. The van der Waals surface area contributed by atoms with E-state index in [4.69, 9.17) is 9.47 Å². The van der Waals surface area contributed by atoms with Gasteiger partial charge in [0.05, 0.1) is 18.8 Å². The Morgan fingerprint density at radius 3 is 2.08 bits per heavy atom. The second-order valence-corrected chi connectivity index (χ2v) is 16.2. The summed E-state index contributed by atoms with van der Waals surface area (Å²) in [6.07, 6.45) is 14.4. The van der Waals surface area contributed by atoms with Gasteiger partial charge in [-0.1, -0.05) is 86.0 Å². The quantitative estimate of drug-likeness (QED) is 0.212. The molecule has 7 heteroatoms. The molecule has 2 amide bonds.